The largest absolute Gasteiger partial charge is 0.433 e. The summed E-state index contributed by atoms with van der Waals surface area (Å²) >= 11 is 0. The molecule has 0 amide bonds. The Morgan fingerprint density at radius 1 is 1.12 bits per heavy atom. The summed E-state index contributed by atoms with van der Waals surface area (Å²) in [5.74, 6) is -0.254. The quantitative estimate of drug-likeness (QED) is 0.584. The number of benzene rings is 1. The van der Waals surface area contributed by atoms with E-state index in [0.717, 1.165) is 12.3 Å². The molecule has 1 N–H and O–H groups in total. The predicted molar refractivity (Wildman–Crippen MR) is 76.7 cm³/mol. The van der Waals surface area contributed by atoms with Gasteiger partial charge in [-0.15, -0.1) is 0 Å². The topological polar surface area (TPSA) is 97.6 Å². The van der Waals surface area contributed by atoms with Crippen LogP contribution in [0.4, 0.5) is 18.9 Å². The second-order valence-electron chi connectivity index (χ2n) is 4.70. The van der Waals surface area contributed by atoms with Crippen LogP contribution < -0.4 is 0 Å². The van der Waals surface area contributed by atoms with Gasteiger partial charge >= 0.3 is 6.18 Å². The van der Waals surface area contributed by atoms with Gasteiger partial charge in [0.15, 0.2) is 5.82 Å². The van der Waals surface area contributed by atoms with Crippen molar-refractivity contribution in [3.63, 3.8) is 0 Å². The summed E-state index contributed by atoms with van der Waals surface area (Å²) in [7, 11) is 0. The van der Waals surface area contributed by atoms with Gasteiger partial charge in [-0.25, -0.2) is 9.97 Å². The fourth-order valence-electron chi connectivity index (χ4n) is 2.16. The summed E-state index contributed by atoms with van der Waals surface area (Å²) < 4.78 is 38.4. The van der Waals surface area contributed by atoms with Crippen molar-refractivity contribution in [3.8, 4) is 22.6 Å². The fraction of sp³-hybridized carbons (Fsp3) is 0.0714. The maximum absolute atomic E-state index is 12.8. The van der Waals surface area contributed by atoms with E-state index in [1.165, 1.54) is 24.4 Å². The molecule has 3 rings (SSSR count). The van der Waals surface area contributed by atoms with Crippen LogP contribution in [0.2, 0.25) is 0 Å². The van der Waals surface area contributed by atoms with Gasteiger partial charge in [0.25, 0.3) is 5.69 Å². The van der Waals surface area contributed by atoms with Crippen molar-refractivity contribution >= 4 is 5.69 Å². The normalized spacial score (nSPS) is 11.5. The highest BCUT2D eigenvalue weighted by Crippen LogP contribution is 2.35. The number of rotatable bonds is 3. The summed E-state index contributed by atoms with van der Waals surface area (Å²) in [6, 6.07) is 6.57. The van der Waals surface area contributed by atoms with Gasteiger partial charge in [0, 0.05) is 17.8 Å². The second kappa shape index (κ2) is 5.72. The molecule has 0 fully saturated rings. The van der Waals surface area contributed by atoms with Crippen molar-refractivity contribution in [2.24, 2.45) is 0 Å². The van der Waals surface area contributed by atoms with E-state index in [1.807, 2.05) is 0 Å². The lowest BCUT2D eigenvalue weighted by atomic mass is 10.0. The molecule has 1 aromatic carbocycles. The third-order valence-electron chi connectivity index (χ3n) is 3.20. The van der Waals surface area contributed by atoms with Crippen molar-refractivity contribution in [1.29, 1.82) is 0 Å². The van der Waals surface area contributed by atoms with Gasteiger partial charge in [0.05, 0.1) is 16.7 Å². The minimum absolute atomic E-state index is 0.0652. The molecular weight excluding hydrogens is 327 g/mol. The maximum atomic E-state index is 12.8. The van der Waals surface area contributed by atoms with Crippen LogP contribution in [-0.4, -0.2) is 25.1 Å². The maximum Gasteiger partial charge on any atom is 0.433 e. The summed E-state index contributed by atoms with van der Waals surface area (Å²) in [6.45, 7) is 0. The van der Waals surface area contributed by atoms with Crippen LogP contribution in [-0.2, 0) is 6.18 Å². The molecule has 0 saturated carbocycles. The first-order chi connectivity index (χ1) is 11.4. The molecule has 7 nitrogen and oxygen atoms in total. The lowest BCUT2D eigenvalue weighted by Crippen LogP contribution is -2.09. The predicted octanol–water partition coefficient (Wildman–Crippen LogP) is 3.46. The van der Waals surface area contributed by atoms with Gasteiger partial charge in [-0.3, -0.25) is 15.2 Å². The lowest BCUT2D eigenvalue weighted by Gasteiger charge is -2.07. The Morgan fingerprint density at radius 3 is 2.58 bits per heavy atom. The van der Waals surface area contributed by atoms with Crippen LogP contribution in [0, 0.1) is 10.1 Å². The Morgan fingerprint density at radius 2 is 1.88 bits per heavy atom. The number of alkyl halides is 3. The van der Waals surface area contributed by atoms with Gasteiger partial charge in [-0.05, 0) is 12.1 Å². The molecule has 2 heterocycles. The highest BCUT2D eigenvalue weighted by molar-refractivity contribution is 5.82. The standard InChI is InChI=1S/C14H8F3N5O2/c15-14(16,17)11-5-6-18-13(20-11)12-9(7-19-21-12)8-3-1-2-4-10(8)22(23)24/h1-7H,(H,19,21). The van der Waals surface area contributed by atoms with Crippen LogP contribution in [0.15, 0.2) is 42.7 Å². The molecule has 0 radical (unpaired) electrons. The molecule has 0 saturated heterocycles. The number of hydrogen-bond acceptors (Lipinski definition) is 5. The van der Waals surface area contributed by atoms with Gasteiger partial charge < -0.3 is 0 Å². The number of para-hydroxylation sites is 1. The van der Waals surface area contributed by atoms with Crippen LogP contribution in [0.5, 0.6) is 0 Å². The Balaban J connectivity index is 2.15. The molecule has 122 valence electrons. The second-order valence-corrected chi connectivity index (χ2v) is 4.70. The third kappa shape index (κ3) is 2.81. The van der Waals surface area contributed by atoms with Crippen molar-refractivity contribution in [1.82, 2.24) is 20.2 Å². The van der Waals surface area contributed by atoms with E-state index in [9.17, 15) is 23.3 Å². The first-order valence-corrected chi connectivity index (χ1v) is 6.55. The number of aromatic amines is 1. The fourth-order valence-corrected chi connectivity index (χ4v) is 2.16. The van der Waals surface area contributed by atoms with E-state index in [2.05, 4.69) is 20.2 Å². The highest BCUT2D eigenvalue weighted by Gasteiger charge is 2.33. The minimum Gasteiger partial charge on any atom is -0.274 e. The van der Waals surface area contributed by atoms with Crippen LogP contribution in [0.25, 0.3) is 22.6 Å². The van der Waals surface area contributed by atoms with Gasteiger partial charge in [0.2, 0.25) is 0 Å². The highest BCUT2D eigenvalue weighted by atomic mass is 19.4. The van der Waals surface area contributed by atoms with Gasteiger partial charge in [0.1, 0.15) is 11.4 Å². The molecule has 2 aromatic heterocycles. The molecule has 10 heteroatoms. The van der Waals surface area contributed by atoms with E-state index < -0.39 is 16.8 Å². The summed E-state index contributed by atoms with van der Waals surface area (Å²) in [5.41, 5.74) is -0.813. The van der Waals surface area contributed by atoms with E-state index in [-0.39, 0.29) is 28.3 Å². The summed E-state index contributed by atoms with van der Waals surface area (Å²) in [6.07, 6.45) is -2.38. The van der Waals surface area contributed by atoms with Crippen molar-refractivity contribution < 1.29 is 18.1 Å². The zero-order valence-corrected chi connectivity index (χ0v) is 11.8. The summed E-state index contributed by atoms with van der Waals surface area (Å²) in [5, 5.41) is 17.4. The number of nitrogens with zero attached hydrogens (tertiary/aromatic N) is 4. The Kier molecular flexibility index (Phi) is 3.72. The average molecular weight is 335 g/mol. The van der Waals surface area contributed by atoms with E-state index in [4.69, 9.17) is 0 Å². The first kappa shape index (κ1) is 15.6. The number of hydrogen-bond donors (Lipinski definition) is 1. The number of nitro groups is 1. The third-order valence-corrected chi connectivity index (χ3v) is 3.20. The van der Waals surface area contributed by atoms with Crippen LogP contribution >= 0.6 is 0 Å². The zero-order chi connectivity index (χ0) is 17.3. The van der Waals surface area contributed by atoms with Crippen molar-refractivity contribution in [2.75, 3.05) is 0 Å². The van der Waals surface area contributed by atoms with Crippen LogP contribution in [0.1, 0.15) is 5.69 Å². The zero-order valence-electron chi connectivity index (χ0n) is 11.8. The molecule has 3 aromatic rings. The molecule has 0 atom stereocenters. The molecule has 0 aliphatic heterocycles. The molecule has 0 bridgehead atoms. The monoisotopic (exact) mass is 335 g/mol. The number of H-pyrrole nitrogens is 1. The Hall–Kier alpha value is -3.30. The Labute approximate surface area is 132 Å². The van der Waals surface area contributed by atoms with E-state index >= 15 is 0 Å². The first-order valence-electron chi connectivity index (χ1n) is 6.55. The average Bonchev–Trinajstić information content (AvgIpc) is 3.03. The molecule has 0 aliphatic rings. The molecular formula is C14H8F3N5O2. The van der Waals surface area contributed by atoms with Gasteiger partial charge in [-0.1, -0.05) is 12.1 Å². The number of nitrogens with one attached hydrogen (secondary N) is 1. The Bertz CT molecular complexity index is 907. The number of halogens is 3. The molecule has 0 aliphatic carbocycles. The summed E-state index contributed by atoms with van der Waals surface area (Å²) in [4.78, 5) is 17.8. The van der Waals surface area contributed by atoms with Crippen molar-refractivity contribution in [3.05, 3.63) is 58.5 Å². The lowest BCUT2D eigenvalue weighted by molar-refractivity contribution is -0.384. The van der Waals surface area contributed by atoms with E-state index in [1.54, 1.807) is 6.07 Å². The molecule has 0 unspecified atom stereocenters. The van der Waals surface area contributed by atoms with Crippen molar-refractivity contribution in [2.45, 2.75) is 6.18 Å². The minimum atomic E-state index is -4.63. The SMILES string of the molecule is O=[N+]([O-])c1ccccc1-c1cn[nH]c1-c1nccc(C(F)(F)F)n1. The smallest absolute Gasteiger partial charge is 0.274 e. The van der Waals surface area contributed by atoms with E-state index in [0.29, 0.717) is 0 Å². The van der Waals surface area contributed by atoms with Gasteiger partial charge in [-0.2, -0.15) is 18.3 Å². The number of nitro benzene ring substituents is 1. The molecule has 0 spiro atoms. The molecule has 24 heavy (non-hydrogen) atoms. The van der Waals surface area contributed by atoms with Crippen LogP contribution in [0.3, 0.4) is 0 Å². The number of aromatic nitrogens is 4.